The van der Waals surface area contributed by atoms with Gasteiger partial charge in [0.1, 0.15) is 5.82 Å². The maximum Gasteiger partial charge on any atom is 0.131 e. The molecule has 0 aliphatic heterocycles. The Kier molecular flexibility index (Phi) is 3.32. The van der Waals surface area contributed by atoms with Crippen LogP contribution in [0.2, 0.25) is 0 Å². The van der Waals surface area contributed by atoms with E-state index in [-0.39, 0.29) is 5.82 Å². The predicted molar refractivity (Wildman–Crippen MR) is 64.6 cm³/mol. The smallest absolute Gasteiger partial charge is 0.131 e. The van der Waals surface area contributed by atoms with Gasteiger partial charge >= 0.3 is 0 Å². The highest BCUT2D eigenvalue weighted by atomic mass is 19.1. The van der Waals surface area contributed by atoms with Gasteiger partial charge in [0.05, 0.1) is 0 Å². The van der Waals surface area contributed by atoms with Gasteiger partial charge in [-0.3, -0.25) is 0 Å². The first-order valence-corrected chi connectivity index (χ1v) is 5.29. The van der Waals surface area contributed by atoms with Crippen molar-refractivity contribution in [2.24, 2.45) is 0 Å². The van der Waals surface area contributed by atoms with Gasteiger partial charge in [-0.15, -0.1) is 0 Å². The summed E-state index contributed by atoms with van der Waals surface area (Å²) in [5, 5.41) is 3.06. The third kappa shape index (κ3) is 2.28. The lowest BCUT2D eigenvalue weighted by molar-refractivity contribution is 0.630. The van der Waals surface area contributed by atoms with Crippen molar-refractivity contribution in [3.8, 4) is 11.1 Å². The molecule has 0 atom stereocenters. The highest BCUT2D eigenvalue weighted by molar-refractivity contribution is 5.64. The number of halogens is 1. The van der Waals surface area contributed by atoms with Crippen LogP contribution in [-0.4, -0.2) is 7.05 Å². The molecule has 82 valence electrons. The van der Waals surface area contributed by atoms with Crippen molar-refractivity contribution in [1.82, 2.24) is 5.32 Å². The first-order chi connectivity index (χ1) is 7.81. The number of rotatable bonds is 3. The third-order valence-electron chi connectivity index (χ3n) is 2.50. The average Bonchev–Trinajstić information content (AvgIpc) is 2.33. The van der Waals surface area contributed by atoms with Crippen molar-refractivity contribution in [2.45, 2.75) is 6.54 Å². The van der Waals surface area contributed by atoms with Gasteiger partial charge in [-0.25, -0.2) is 4.39 Å². The average molecular weight is 215 g/mol. The molecule has 0 bridgehead atoms. The normalized spacial score (nSPS) is 10.4. The Morgan fingerprint density at radius 2 is 1.81 bits per heavy atom. The van der Waals surface area contributed by atoms with Gasteiger partial charge in [0, 0.05) is 12.1 Å². The van der Waals surface area contributed by atoms with Crippen LogP contribution in [0.15, 0.2) is 48.5 Å². The minimum atomic E-state index is -0.175. The zero-order valence-corrected chi connectivity index (χ0v) is 9.20. The largest absolute Gasteiger partial charge is 0.316 e. The molecule has 0 saturated carbocycles. The lowest BCUT2D eigenvalue weighted by atomic mass is 10.0. The molecule has 0 spiro atoms. The predicted octanol–water partition coefficient (Wildman–Crippen LogP) is 3.21. The summed E-state index contributed by atoms with van der Waals surface area (Å²) >= 11 is 0. The molecule has 0 amide bonds. The van der Waals surface area contributed by atoms with Crippen LogP contribution in [0.1, 0.15) is 5.56 Å². The second kappa shape index (κ2) is 4.90. The second-order valence-electron chi connectivity index (χ2n) is 3.71. The number of nitrogens with one attached hydrogen (secondary N) is 1. The van der Waals surface area contributed by atoms with Crippen LogP contribution in [0, 0.1) is 5.82 Å². The number of hydrogen-bond acceptors (Lipinski definition) is 1. The van der Waals surface area contributed by atoms with Crippen LogP contribution in [0.5, 0.6) is 0 Å². The summed E-state index contributed by atoms with van der Waals surface area (Å²) < 4.78 is 13.7. The molecule has 2 aromatic rings. The maximum absolute atomic E-state index is 13.7. The van der Waals surface area contributed by atoms with E-state index in [9.17, 15) is 4.39 Å². The molecule has 16 heavy (non-hydrogen) atoms. The van der Waals surface area contributed by atoms with Crippen LogP contribution < -0.4 is 5.32 Å². The molecule has 1 nitrogen and oxygen atoms in total. The van der Waals surface area contributed by atoms with Gasteiger partial charge in [-0.1, -0.05) is 36.4 Å². The number of benzene rings is 2. The quantitative estimate of drug-likeness (QED) is 0.829. The zero-order valence-electron chi connectivity index (χ0n) is 9.20. The summed E-state index contributed by atoms with van der Waals surface area (Å²) in [5.41, 5.74) is 2.66. The van der Waals surface area contributed by atoms with Crippen molar-refractivity contribution in [2.75, 3.05) is 7.05 Å². The molecule has 2 heteroatoms. The molecule has 0 aromatic heterocycles. The van der Waals surface area contributed by atoms with Crippen molar-refractivity contribution in [3.05, 3.63) is 59.9 Å². The molecule has 0 heterocycles. The van der Waals surface area contributed by atoms with Crippen LogP contribution in [0.3, 0.4) is 0 Å². The molecular weight excluding hydrogens is 201 g/mol. The Balaban J connectivity index is 2.43. The van der Waals surface area contributed by atoms with E-state index >= 15 is 0 Å². The van der Waals surface area contributed by atoms with Gasteiger partial charge in [-0.05, 0) is 30.3 Å². The fraction of sp³-hybridized carbons (Fsp3) is 0.143. The standard InChI is InChI=1S/C14H14FN/c1-16-10-11-7-8-14(15)13(9-11)12-5-3-2-4-6-12/h2-9,16H,10H2,1H3. The molecule has 0 unspecified atom stereocenters. The lowest BCUT2D eigenvalue weighted by Crippen LogP contribution is -2.05. The van der Waals surface area contributed by atoms with Crippen molar-refractivity contribution >= 4 is 0 Å². The fourth-order valence-corrected chi connectivity index (χ4v) is 1.73. The van der Waals surface area contributed by atoms with E-state index in [0.717, 1.165) is 17.7 Å². The van der Waals surface area contributed by atoms with Gasteiger partial charge in [0.25, 0.3) is 0 Å². The van der Waals surface area contributed by atoms with Gasteiger partial charge in [0.15, 0.2) is 0 Å². The van der Waals surface area contributed by atoms with E-state index in [1.165, 1.54) is 6.07 Å². The lowest BCUT2D eigenvalue weighted by Gasteiger charge is -2.06. The molecule has 0 aliphatic rings. The van der Waals surface area contributed by atoms with E-state index in [2.05, 4.69) is 5.32 Å². The second-order valence-corrected chi connectivity index (χ2v) is 3.71. The van der Waals surface area contributed by atoms with E-state index < -0.39 is 0 Å². The molecule has 0 fully saturated rings. The summed E-state index contributed by atoms with van der Waals surface area (Å²) in [7, 11) is 1.88. The summed E-state index contributed by atoms with van der Waals surface area (Å²) in [6.07, 6.45) is 0. The van der Waals surface area contributed by atoms with Gasteiger partial charge in [-0.2, -0.15) is 0 Å². The van der Waals surface area contributed by atoms with Gasteiger partial charge < -0.3 is 5.32 Å². The topological polar surface area (TPSA) is 12.0 Å². The van der Waals surface area contributed by atoms with Crippen molar-refractivity contribution in [1.29, 1.82) is 0 Å². The molecule has 0 saturated heterocycles. The zero-order chi connectivity index (χ0) is 11.4. The van der Waals surface area contributed by atoms with E-state index in [0.29, 0.717) is 5.56 Å². The van der Waals surface area contributed by atoms with Crippen LogP contribution in [-0.2, 0) is 6.54 Å². The summed E-state index contributed by atoms with van der Waals surface area (Å²) in [4.78, 5) is 0. The Morgan fingerprint density at radius 3 is 2.50 bits per heavy atom. The van der Waals surface area contributed by atoms with Crippen molar-refractivity contribution < 1.29 is 4.39 Å². The Labute approximate surface area is 94.9 Å². The molecule has 1 N–H and O–H groups in total. The van der Waals surface area contributed by atoms with Crippen molar-refractivity contribution in [3.63, 3.8) is 0 Å². The van der Waals surface area contributed by atoms with E-state index in [4.69, 9.17) is 0 Å². The first kappa shape index (κ1) is 10.8. The van der Waals surface area contributed by atoms with E-state index in [1.807, 2.05) is 43.4 Å². The fourth-order valence-electron chi connectivity index (χ4n) is 1.73. The monoisotopic (exact) mass is 215 g/mol. The minimum absolute atomic E-state index is 0.175. The van der Waals surface area contributed by atoms with Crippen LogP contribution in [0.4, 0.5) is 4.39 Å². The molecule has 2 aromatic carbocycles. The highest BCUT2D eigenvalue weighted by Crippen LogP contribution is 2.23. The first-order valence-electron chi connectivity index (χ1n) is 5.29. The number of hydrogen-bond donors (Lipinski definition) is 1. The summed E-state index contributed by atoms with van der Waals surface area (Å²) in [5.74, 6) is -0.175. The summed E-state index contributed by atoms with van der Waals surface area (Å²) in [6.45, 7) is 0.750. The Bertz CT molecular complexity index is 465. The van der Waals surface area contributed by atoms with Crippen LogP contribution >= 0.6 is 0 Å². The molecule has 0 radical (unpaired) electrons. The maximum atomic E-state index is 13.7. The Morgan fingerprint density at radius 1 is 1.06 bits per heavy atom. The van der Waals surface area contributed by atoms with Crippen LogP contribution in [0.25, 0.3) is 11.1 Å². The van der Waals surface area contributed by atoms with E-state index in [1.54, 1.807) is 6.07 Å². The third-order valence-corrected chi connectivity index (χ3v) is 2.50. The molecule has 0 aliphatic carbocycles. The Hall–Kier alpha value is -1.67. The molecule has 2 rings (SSSR count). The summed E-state index contributed by atoms with van der Waals surface area (Å²) in [6, 6.07) is 14.8. The minimum Gasteiger partial charge on any atom is -0.316 e. The highest BCUT2D eigenvalue weighted by Gasteiger charge is 2.05. The van der Waals surface area contributed by atoms with Gasteiger partial charge in [0.2, 0.25) is 0 Å². The molecular formula is C14H14FN. The SMILES string of the molecule is CNCc1ccc(F)c(-c2ccccc2)c1.